The zero-order valence-electron chi connectivity index (χ0n) is 15.6. The lowest BCUT2D eigenvalue weighted by molar-refractivity contribution is -0.121. The zero-order valence-corrected chi connectivity index (χ0v) is 16.8. The maximum absolute atomic E-state index is 11.5. The van der Waals surface area contributed by atoms with E-state index in [1.165, 1.54) is 57.8 Å². The fourth-order valence-corrected chi connectivity index (χ4v) is 2.57. The normalized spacial score (nSPS) is 10.2. The van der Waals surface area contributed by atoms with Crippen LogP contribution in [-0.4, -0.2) is 30.7 Å². The molecule has 0 aromatic rings. The first-order chi connectivity index (χ1) is 11.8. The number of hydrogen-bond acceptors (Lipinski definition) is 4. The summed E-state index contributed by atoms with van der Waals surface area (Å²) in [6.07, 6.45) is 16.1. The van der Waals surface area contributed by atoms with Gasteiger partial charge in [-0.3, -0.25) is 4.79 Å². The van der Waals surface area contributed by atoms with Gasteiger partial charge in [-0.2, -0.15) is 0 Å². The SMILES string of the molecule is NCCCCC(=O)NCCCCCCCCCCCCCO.NP. The number of hydrogen-bond donors (Lipinski definition) is 4. The quantitative estimate of drug-likeness (QED) is 0.235. The van der Waals surface area contributed by atoms with Gasteiger partial charge in [-0.1, -0.05) is 67.2 Å². The smallest absolute Gasteiger partial charge is 0.219 e. The summed E-state index contributed by atoms with van der Waals surface area (Å²) in [6.45, 7) is 1.84. The molecule has 5 nitrogen and oxygen atoms in total. The summed E-state index contributed by atoms with van der Waals surface area (Å²) < 4.78 is 0. The highest BCUT2D eigenvalue weighted by Gasteiger charge is 1.99. The fraction of sp³-hybridized carbons (Fsp3) is 0.944. The summed E-state index contributed by atoms with van der Waals surface area (Å²) in [5, 5.41) is 11.7. The van der Waals surface area contributed by atoms with Gasteiger partial charge in [0.1, 0.15) is 0 Å². The van der Waals surface area contributed by atoms with Gasteiger partial charge in [-0.25, -0.2) is 0 Å². The van der Waals surface area contributed by atoms with Crippen molar-refractivity contribution < 1.29 is 9.90 Å². The Balaban J connectivity index is 0. The van der Waals surface area contributed by atoms with Gasteiger partial charge in [0.15, 0.2) is 0 Å². The van der Waals surface area contributed by atoms with Gasteiger partial charge in [0, 0.05) is 19.6 Å². The Morgan fingerprint density at radius 2 is 1.21 bits per heavy atom. The number of rotatable bonds is 17. The number of amides is 1. The molecule has 24 heavy (non-hydrogen) atoms. The van der Waals surface area contributed by atoms with Crippen molar-refractivity contribution in [3.8, 4) is 0 Å². The van der Waals surface area contributed by atoms with Crippen molar-refractivity contribution in [2.45, 2.75) is 89.9 Å². The third-order valence-electron chi connectivity index (χ3n) is 4.02. The minimum atomic E-state index is 0.176. The number of aliphatic hydroxyl groups is 1. The van der Waals surface area contributed by atoms with Crippen LogP contribution in [0.3, 0.4) is 0 Å². The van der Waals surface area contributed by atoms with E-state index in [0.29, 0.717) is 19.6 Å². The average Bonchev–Trinajstić information content (AvgIpc) is 2.61. The average molecular weight is 364 g/mol. The summed E-state index contributed by atoms with van der Waals surface area (Å²) in [5.74, 6) is 0.176. The molecule has 6 heteroatoms. The first-order valence-electron chi connectivity index (χ1n) is 9.72. The maximum atomic E-state index is 11.5. The van der Waals surface area contributed by atoms with E-state index >= 15 is 0 Å². The Morgan fingerprint density at radius 1 is 0.750 bits per heavy atom. The molecule has 146 valence electrons. The number of nitrogens with one attached hydrogen (secondary N) is 1. The van der Waals surface area contributed by atoms with E-state index in [-0.39, 0.29) is 5.91 Å². The number of nitrogens with two attached hydrogens (primary N) is 2. The van der Waals surface area contributed by atoms with E-state index in [4.69, 9.17) is 10.8 Å². The molecule has 1 atom stereocenters. The number of unbranched alkanes of at least 4 members (excludes halogenated alkanes) is 11. The van der Waals surface area contributed by atoms with Crippen molar-refractivity contribution >= 4 is 15.3 Å². The van der Waals surface area contributed by atoms with E-state index in [1.807, 2.05) is 9.39 Å². The van der Waals surface area contributed by atoms with Crippen LogP contribution in [0, 0.1) is 0 Å². The third-order valence-corrected chi connectivity index (χ3v) is 4.02. The molecule has 0 aliphatic rings. The first-order valence-corrected chi connectivity index (χ1v) is 10.4. The summed E-state index contributed by atoms with van der Waals surface area (Å²) in [5.41, 5.74) is 9.82. The predicted octanol–water partition coefficient (Wildman–Crippen LogP) is 3.25. The molecule has 0 fully saturated rings. The van der Waals surface area contributed by atoms with Gasteiger partial charge in [0.2, 0.25) is 5.91 Å². The lowest BCUT2D eigenvalue weighted by Gasteiger charge is -2.05. The molecular formula is C18H42N3O2P. The van der Waals surface area contributed by atoms with E-state index in [0.717, 1.165) is 32.2 Å². The fourth-order valence-electron chi connectivity index (χ4n) is 2.57. The Labute approximate surface area is 152 Å². The van der Waals surface area contributed by atoms with Gasteiger partial charge in [-0.15, -0.1) is 0 Å². The van der Waals surface area contributed by atoms with Crippen molar-refractivity contribution in [3.63, 3.8) is 0 Å². The predicted molar refractivity (Wildman–Crippen MR) is 108 cm³/mol. The molecule has 0 saturated heterocycles. The van der Waals surface area contributed by atoms with Crippen LogP contribution < -0.4 is 16.6 Å². The number of carbonyl (C=O) groups is 1. The molecule has 1 amide bonds. The molecule has 0 spiro atoms. The van der Waals surface area contributed by atoms with Crippen LogP contribution in [0.2, 0.25) is 0 Å². The summed E-state index contributed by atoms with van der Waals surface area (Å²) in [6, 6.07) is 0. The van der Waals surface area contributed by atoms with Crippen LogP contribution in [0.4, 0.5) is 0 Å². The zero-order chi connectivity index (χ0) is 18.3. The molecule has 0 aliphatic heterocycles. The second-order valence-electron chi connectivity index (χ2n) is 6.21. The van der Waals surface area contributed by atoms with Gasteiger partial charge >= 0.3 is 0 Å². The molecule has 1 unspecified atom stereocenters. The minimum absolute atomic E-state index is 0.176. The summed E-state index contributed by atoms with van der Waals surface area (Å²) in [7, 11) is 1.92. The summed E-state index contributed by atoms with van der Waals surface area (Å²) in [4.78, 5) is 11.5. The molecule has 0 radical (unpaired) electrons. The Bertz CT molecular complexity index is 244. The molecule has 6 N–H and O–H groups in total. The first kappa shape index (κ1) is 26.0. The van der Waals surface area contributed by atoms with Crippen LogP contribution in [0.25, 0.3) is 0 Å². The van der Waals surface area contributed by atoms with Crippen molar-refractivity contribution in [1.82, 2.24) is 5.32 Å². The number of carbonyl (C=O) groups excluding carboxylic acids is 1. The van der Waals surface area contributed by atoms with Crippen LogP contribution in [-0.2, 0) is 4.79 Å². The highest BCUT2D eigenvalue weighted by Crippen LogP contribution is 2.11. The lowest BCUT2D eigenvalue weighted by atomic mass is 10.1. The van der Waals surface area contributed by atoms with Crippen LogP contribution in [0.5, 0.6) is 0 Å². The third kappa shape index (κ3) is 24.0. The molecule has 0 bridgehead atoms. The molecule has 0 aromatic carbocycles. The van der Waals surface area contributed by atoms with Crippen LogP contribution in [0.1, 0.15) is 89.9 Å². The summed E-state index contributed by atoms with van der Waals surface area (Å²) >= 11 is 0. The highest BCUT2D eigenvalue weighted by atomic mass is 31.0. The maximum Gasteiger partial charge on any atom is 0.219 e. The molecule has 0 aliphatic carbocycles. The van der Waals surface area contributed by atoms with E-state index in [9.17, 15) is 4.79 Å². The molecule has 0 rings (SSSR count). The molecular weight excluding hydrogens is 321 g/mol. The number of aliphatic hydroxyl groups excluding tert-OH is 1. The largest absolute Gasteiger partial charge is 0.396 e. The van der Waals surface area contributed by atoms with E-state index in [2.05, 4.69) is 10.8 Å². The molecule has 0 heterocycles. The van der Waals surface area contributed by atoms with Crippen molar-refractivity contribution in [2.24, 2.45) is 11.2 Å². The Kier molecular flexibility index (Phi) is 27.1. The monoisotopic (exact) mass is 363 g/mol. The second kappa shape index (κ2) is 25.0. The second-order valence-corrected chi connectivity index (χ2v) is 6.21. The van der Waals surface area contributed by atoms with E-state index in [1.54, 1.807) is 0 Å². The highest BCUT2D eigenvalue weighted by molar-refractivity contribution is 7.13. The van der Waals surface area contributed by atoms with Crippen molar-refractivity contribution in [3.05, 3.63) is 0 Å². The standard InChI is InChI=1S/C18H38N2O2.H4NP/c19-15-11-10-14-18(22)20-16-12-8-6-4-2-1-3-5-7-9-13-17-21;1-2/h21H,1-17,19H2,(H,20,22);1-2H2. The van der Waals surface area contributed by atoms with Gasteiger partial charge in [0.05, 0.1) is 0 Å². The lowest BCUT2D eigenvalue weighted by Crippen LogP contribution is -2.24. The van der Waals surface area contributed by atoms with Gasteiger partial charge in [0.25, 0.3) is 0 Å². The van der Waals surface area contributed by atoms with Crippen molar-refractivity contribution in [1.29, 1.82) is 0 Å². The topological polar surface area (TPSA) is 101 Å². The van der Waals surface area contributed by atoms with Crippen LogP contribution >= 0.6 is 9.39 Å². The Morgan fingerprint density at radius 3 is 1.67 bits per heavy atom. The molecule has 0 saturated carbocycles. The minimum Gasteiger partial charge on any atom is -0.396 e. The van der Waals surface area contributed by atoms with Gasteiger partial charge in [-0.05, 0) is 32.2 Å². The van der Waals surface area contributed by atoms with Crippen molar-refractivity contribution in [2.75, 3.05) is 19.7 Å². The molecule has 0 aromatic heterocycles. The Hall–Kier alpha value is -0.220. The van der Waals surface area contributed by atoms with Crippen LogP contribution in [0.15, 0.2) is 0 Å². The van der Waals surface area contributed by atoms with E-state index < -0.39 is 0 Å². The van der Waals surface area contributed by atoms with Gasteiger partial charge < -0.3 is 21.7 Å².